The van der Waals surface area contributed by atoms with Gasteiger partial charge in [-0.25, -0.2) is 0 Å². The van der Waals surface area contributed by atoms with E-state index in [0.717, 1.165) is 6.07 Å². The van der Waals surface area contributed by atoms with Crippen molar-refractivity contribution in [2.24, 2.45) is 5.92 Å². The molecule has 0 aliphatic heterocycles. The SMILES string of the molecule is CC(CCCC(C)C(=O)O)NC(=O)c1ccc([N+](=O)[O-])o1. The Balaban J connectivity index is 2.39. The van der Waals surface area contributed by atoms with Crippen molar-refractivity contribution in [2.75, 3.05) is 0 Å². The maximum atomic E-state index is 11.8. The lowest BCUT2D eigenvalue weighted by atomic mass is 10.0. The third kappa shape index (κ3) is 5.25. The van der Waals surface area contributed by atoms with Crippen LogP contribution in [0.25, 0.3) is 0 Å². The number of carbonyl (C=O) groups is 2. The molecule has 2 atom stereocenters. The van der Waals surface area contributed by atoms with Crippen molar-refractivity contribution in [3.8, 4) is 0 Å². The molecule has 0 bridgehead atoms. The van der Waals surface area contributed by atoms with E-state index in [0.29, 0.717) is 19.3 Å². The van der Waals surface area contributed by atoms with Gasteiger partial charge in [-0.2, -0.15) is 0 Å². The van der Waals surface area contributed by atoms with Gasteiger partial charge in [-0.05, 0) is 25.8 Å². The van der Waals surface area contributed by atoms with E-state index in [-0.39, 0.29) is 11.8 Å². The quantitative estimate of drug-likeness (QED) is 0.560. The van der Waals surface area contributed by atoms with E-state index in [9.17, 15) is 19.7 Å². The molecule has 0 aliphatic carbocycles. The number of rotatable bonds is 8. The molecule has 0 aliphatic rings. The van der Waals surface area contributed by atoms with Crippen molar-refractivity contribution in [3.63, 3.8) is 0 Å². The smallest absolute Gasteiger partial charge is 0.433 e. The Labute approximate surface area is 121 Å². The Bertz CT molecular complexity index is 524. The lowest BCUT2D eigenvalue weighted by Gasteiger charge is -2.13. The summed E-state index contributed by atoms with van der Waals surface area (Å²) >= 11 is 0. The summed E-state index contributed by atoms with van der Waals surface area (Å²) in [6.45, 7) is 3.41. The third-order valence-electron chi connectivity index (χ3n) is 3.07. The van der Waals surface area contributed by atoms with Crippen LogP contribution in [0, 0.1) is 16.0 Å². The van der Waals surface area contributed by atoms with Crippen LogP contribution < -0.4 is 5.32 Å². The van der Waals surface area contributed by atoms with Gasteiger partial charge < -0.3 is 14.8 Å². The first-order valence-electron chi connectivity index (χ1n) is 6.59. The molecule has 1 heterocycles. The number of carboxylic acid groups (broad SMARTS) is 1. The Morgan fingerprint density at radius 2 is 2.05 bits per heavy atom. The van der Waals surface area contributed by atoms with Crippen LogP contribution in [0.3, 0.4) is 0 Å². The highest BCUT2D eigenvalue weighted by atomic mass is 16.6. The molecule has 1 rings (SSSR count). The number of nitrogens with one attached hydrogen (secondary N) is 1. The van der Waals surface area contributed by atoms with Gasteiger partial charge >= 0.3 is 11.9 Å². The Kier molecular flexibility index (Phi) is 5.89. The molecule has 8 heteroatoms. The second kappa shape index (κ2) is 7.41. The van der Waals surface area contributed by atoms with Gasteiger partial charge in [-0.1, -0.05) is 13.3 Å². The van der Waals surface area contributed by atoms with E-state index in [2.05, 4.69) is 5.32 Å². The van der Waals surface area contributed by atoms with Crippen molar-refractivity contribution < 1.29 is 24.0 Å². The van der Waals surface area contributed by atoms with Crippen molar-refractivity contribution in [3.05, 3.63) is 28.0 Å². The highest BCUT2D eigenvalue weighted by Gasteiger charge is 2.18. The summed E-state index contributed by atoms with van der Waals surface area (Å²) < 4.78 is 4.79. The lowest BCUT2D eigenvalue weighted by Crippen LogP contribution is -2.32. The number of nitrogens with zero attached hydrogens (tertiary/aromatic N) is 1. The van der Waals surface area contributed by atoms with Gasteiger partial charge in [-0.15, -0.1) is 0 Å². The molecule has 21 heavy (non-hydrogen) atoms. The van der Waals surface area contributed by atoms with E-state index >= 15 is 0 Å². The van der Waals surface area contributed by atoms with Crippen molar-refractivity contribution in [1.82, 2.24) is 5.32 Å². The molecule has 1 aromatic rings. The molecule has 0 fully saturated rings. The van der Waals surface area contributed by atoms with Gasteiger partial charge in [0.05, 0.1) is 12.0 Å². The number of aliphatic carboxylic acids is 1. The molecule has 8 nitrogen and oxygen atoms in total. The molecule has 1 amide bonds. The van der Waals surface area contributed by atoms with Crippen molar-refractivity contribution in [2.45, 2.75) is 39.2 Å². The number of nitro groups is 1. The van der Waals surface area contributed by atoms with Gasteiger partial charge in [-0.3, -0.25) is 19.7 Å². The van der Waals surface area contributed by atoms with E-state index in [1.807, 2.05) is 0 Å². The molecular formula is C13H18N2O6. The van der Waals surface area contributed by atoms with Crippen LogP contribution in [0.2, 0.25) is 0 Å². The van der Waals surface area contributed by atoms with Crippen LogP contribution >= 0.6 is 0 Å². The summed E-state index contributed by atoms with van der Waals surface area (Å²) in [5.74, 6) is -2.38. The maximum absolute atomic E-state index is 11.8. The largest absolute Gasteiger partial charge is 0.481 e. The zero-order chi connectivity index (χ0) is 16.0. The van der Waals surface area contributed by atoms with Crippen molar-refractivity contribution in [1.29, 1.82) is 0 Å². The Morgan fingerprint density at radius 1 is 1.38 bits per heavy atom. The van der Waals surface area contributed by atoms with Gasteiger partial charge in [0.1, 0.15) is 4.92 Å². The predicted molar refractivity (Wildman–Crippen MR) is 72.9 cm³/mol. The molecule has 1 aromatic heterocycles. The minimum atomic E-state index is -0.838. The van der Waals surface area contributed by atoms with E-state index in [1.165, 1.54) is 6.07 Å². The van der Waals surface area contributed by atoms with E-state index in [1.54, 1.807) is 13.8 Å². The highest BCUT2D eigenvalue weighted by Crippen LogP contribution is 2.16. The molecule has 2 unspecified atom stereocenters. The number of carbonyl (C=O) groups excluding carboxylic acids is 1. The molecule has 116 valence electrons. The number of carboxylic acids is 1. The number of furan rings is 1. The van der Waals surface area contributed by atoms with Gasteiger partial charge in [0.2, 0.25) is 0 Å². The number of hydrogen-bond acceptors (Lipinski definition) is 5. The molecular weight excluding hydrogens is 280 g/mol. The summed E-state index contributed by atoms with van der Waals surface area (Å²) in [6, 6.07) is 2.18. The first-order valence-corrected chi connectivity index (χ1v) is 6.59. The fourth-order valence-electron chi connectivity index (χ4n) is 1.77. The molecule has 2 N–H and O–H groups in total. The van der Waals surface area contributed by atoms with Crippen LogP contribution in [-0.2, 0) is 4.79 Å². The van der Waals surface area contributed by atoms with Crippen LogP contribution in [-0.4, -0.2) is 27.9 Å². The number of amides is 1. The highest BCUT2D eigenvalue weighted by molar-refractivity contribution is 5.91. The molecule has 0 radical (unpaired) electrons. The fourth-order valence-corrected chi connectivity index (χ4v) is 1.77. The standard InChI is InChI=1S/C13H18N2O6/c1-8(13(17)18)4-3-5-9(2)14-12(16)10-6-7-11(21-10)15(19)20/h6-9H,3-5H2,1-2H3,(H,14,16)(H,17,18). The van der Waals surface area contributed by atoms with Crippen LogP contribution in [0.4, 0.5) is 5.88 Å². The summed E-state index contributed by atoms with van der Waals surface area (Å²) in [5, 5.41) is 21.9. The zero-order valence-electron chi connectivity index (χ0n) is 11.9. The fraction of sp³-hybridized carbons (Fsp3) is 0.538. The van der Waals surface area contributed by atoms with Crippen molar-refractivity contribution >= 4 is 17.8 Å². The second-order valence-electron chi connectivity index (χ2n) is 4.94. The first-order chi connectivity index (χ1) is 9.81. The van der Waals surface area contributed by atoms with Crippen LogP contribution in [0.1, 0.15) is 43.7 Å². The average Bonchev–Trinajstić information content (AvgIpc) is 2.88. The molecule has 0 saturated carbocycles. The molecule has 0 aromatic carbocycles. The predicted octanol–water partition coefficient (Wildman–Crippen LogP) is 2.20. The zero-order valence-corrected chi connectivity index (χ0v) is 11.9. The van der Waals surface area contributed by atoms with Crippen LogP contribution in [0.5, 0.6) is 0 Å². The topological polar surface area (TPSA) is 123 Å². The monoisotopic (exact) mass is 298 g/mol. The number of hydrogen-bond donors (Lipinski definition) is 2. The summed E-state index contributed by atoms with van der Waals surface area (Å²) in [4.78, 5) is 32.2. The summed E-state index contributed by atoms with van der Waals surface area (Å²) in [7, 11) is 0. The van der Waals surface area contributed by atoms with Gasteiger partial charge in [0.15, 0.2) is 5.76 Å². The van der Waals surface area contributed by atoms with Gasteiger partial charge in [0.25, 0.3) is 5.91 Å². The van der Waals surface area contributed by atoms with E-state index in [4.69, 9.17) is 9.52 Å². The average molecular weight is 298 g/mol. The van der Waals surface area contributed by atoms with Crippen LogP contribution in [0.15, 0.2) is 16.5 Å². The summed E-state index contributed by atoms with van der Waals surface area (Å²) in [6.07, 6.45) is 1.81. The second-order valence-corrected chi connectivity index (χ2v) is 4.94. The molecule has 0 spiro atoms. The lowest BCUT2D eigenvalue weighted by molar-refractivity contribution is -0.402. The Hall–Kier alpha value is -2.38. The first kappa shape index (κ1) is 16.7. The normalized spacial score (nSPS) is 13.4. The van der Waals surface area contributed by atoms with Gasteiger partial charge in [0, 0.05) is 6.04 Å². The van der Waals surface area contributed by atoms with E-state index < -0.39 is 28.6 Å². The summed E-state index contributed by atoms with van der Waals surface area (Å²) in [5.41, 5.74) is 0. The third-order valence-corrected chi connectivity index (χ3v) is 3.07. The Morgan fingerprint density at radius 3 is 2.57 bits per heavy atom. The maximum Gasteiger partial charge on any atom is 0.433 e. The molecule has 0 saturated heterocycles. The minimum Gasteiger partial charge on any atom is -0.481 e. The minimum absolute atomic E-state index is 0.118.